The Morgan fingerprint density at radius 1 is 1.22 bits per heavy atom. The number of thiophene rings is 1. The maximum Gasteiger partial charge on any atom is 0.218 e. The average molecular weight is 334 g/mol. The minimum atomic E-state index is 0.478. The summed E-state index contributed by atoms with van der Waals surface area (Å²) in [5.74, 6) is 1.36. The zero-order valence-corrected chi connectivity index (χ0v) is 14.2. The van der Waals surface area contributed by atoms with Crippen LogP contribution in [0.25, 0.3) is 0 Å². The van der Waals surface area contributed by atoms with Gasteiger partial charge < -0.3 is 20.1 Å². The molecule has 2 aromatic heterocycles. The number of ether oxygens (including phenoxy) is 2. The lowest BCUT2D eigenvalue weighted by molar-refractivity contribution is 0.143. The Morgan fingerprint density at radius 2 is 2.09 bits per heavy atom. The molecule has 0 aromatic carbocycles. The summed E-state index contributed by atoms with van der Waals surface area (Å²) in [5.41, 5.74) is 0.975. The third-order valence-electron chi connectivity index (χ3n) is 3.06. The molecule has 2 heterocycles. The molecule has 0 unspecified atom stereocenters. The van der Waals surface area contributed by atoms with Crippen molar-refractivity contribution in [3.63, 3.8) is 0 Å². The molecule has 0 fully saturated rings. The first-order chi connectivity index (χ1) is 11.3. The van der Waals surface area contributed by atoms with E-state index in [1.807, 2.05) is 18.2 Å². The van der Waals surface area contributed by atoms with Gasteiger partial charge in [-0.3, -0.25) is 4.99 Å². The number of methoxy groups -OCH3 is 1. The molecular formula is C16H22N4O2S. The summed E-state index contributed by atoms with van der Waals surface area (Å²) in [6, 6.07) is 8.00. The molecule has 2 rings (SSSR count). The minimum absolute atomic E-state index is 0.478. The molecule has 0 aliphatic heterocycles. The Bertz CT molecular complexity index is 602. The fourth-order valence-electron chi connectivity index (χ4n) is 1.89. The summed E-state index contributed by atoms with van der Waals surface area (Å²) in [7, 11) is 3.40. The summed E-state index contributed by atoms with van der Waals surface area (Å²) in [6.07, 6.45) is 1.72. The Morgan fingerprint density at radius 3 is 2.83 bits per heavy atom. The van der Waals surface area contributed by atoms with Crippen LogP contribution in [0.1, 0.15) is 10.4 Å². The smallest absolute Gasteiger partial charge is 0.218 e. The number of pyridine rings is 1. The zero-order chi connectivity index (χ0) is 16.3. The van der Waals surface area contributed by atoms with E-state index in [4.69, 9.17) is 9.47 Å². The van der Waals surface area contributed by atoms with Crippen molar-refractivity contribution in [2.24, 2.45) is 4.99 Å². The van der Waals surface area contributed by atoms with E-state index < -0.39 is 0 Å². The maximum atomic E-state index is 5.63. The molecule has 0 aliphatic rings. The van der Waals surface area contributed by atoms with Crippen molar-refractivity contribution in [3.8, 4) is 5.88 Å². The number of rotatable bonds is 8. The van der Waals surface area contributed by atoms with Gasteiger partial charge >= 0.3 is 0 Å². The standard InChI is InChI=1S/C16H22N4O2S/c1-17-16(20-12-14-6-4-10-23-14)19-11-13-5-3-7-18-15(13)22-9-8-21-2/h3-7,10H,8-9,11-12H2,1-2H3,(H2,17,19,20). The van der Waals surface area contributed by atoms with Crippen LogP contribution in [0.2, 0.25) is 0 Å². The molecule has 0 bridgehead atoms. The van der Waals surface area contributed by atoms with E-state index in [1.54, 1.807) is 31.7 Å². The maximum absolute atomic E-state index is 5.63. The Balaban J connectivity index is 1.85. The fourth-order valence-corrected chi connectivity index (χ4v) is 2.54. The first-order valence-corrected chi connectivity index (χ1v) is 8.24. The monoisotopic (exact) mass is 334 g/mol. The minimum Gasteiger partial charge on any atom is -0.475 e. The van der Waals surface area contributed by atoms with E-state index in [0.29, 0.717) is 25.6 Å². The molecular weight excluding hydrogens is 312 g/mol. The topological polar surface area (TPSA) is 67.8 Å². The lowest BCUT2D eigenvalue weighted by Crippen LogP contribution is -2.36. The van der Waals surface area contributed by atoms with Gasteiger partial charge in [0.2, 0.25) is 5.88 Å². The van der Waals surface area contributed by atoms with Crippen LogP contribution in [0.3, 0.4) is 0 Å². The van der Waals surface area contributed by atoms with Gasteiger partial charge in [0.1, 0.15) is 6.61 Å². The molecule has 0 spiro atoms. The second-order valence-corrected chi connectivity index (χ2v) is 5.70. The molecule has 124 valence electrons. The third-order valence-corrected chi connectivity index (χ3v) is 3.93. The number of guanidine groups is 1. The fraction of sp³-hybridized carbons (Fsp3) is 0.375. The Hall–Kier alpha value is -2.12. The summed E-state index contributed by atoms with van der Waals surface area (Å²) in [5, 5.41) is 8.62. The van der Waals surface area contributed by atoms with Crippen LogP contribution in [0.15, 0.2) is 40.8 Å². The number of nitrogens with one attached hydrogen (secondary N) is 2. The number of aromatic nitrogens is 1. The van der Waals surface area contributed by atoms with Crippen molar-refractivity contribution in [1.82, 2.24) is 15.6 Å². The highest BCUT2D eigenvalue weighted by Crippen LogP contribution is 2.13. The van der Waals surface area contributed by atoms with Crippen molar-refractivity contribution in [3.05, 3.63) is 46.3 Å². The van der Waals surface area contributed by atoms with E-state index in [-0.39, 0.29) is 0 Å². The van der Waals surface area contributed by atoms with E-state index in [9.17, 15) is 0 Å². The van der Waals surface area contributed by atoms with Crippen LogP contribution in [0.4, 0.5) is 0 Å². The van der Waals surface area contributed by atoms with Gasteiger partial charge in [-0.05, 0) is 17.5 Å². The number of hydrogen-bond donors (Lipinski definition) is 2. The first-order valence-electron chi connectivity index (χ1n) is 7.36. The normalized spacial score (nSPS) is 11.3. The molecule has 2 aromatic rings. The number of nitrogens with zero attached hydrogens (tertiary/aromatic N) is 2. The van der Waals surface area contributed by atoms with Gasteiger partial charge in [0, 0.05) is 37.3 Å². The average Bonchev–Trinajstić information content (AvgIpc) is 3.10. The molecule has 0 aliphatic carbocycles. The van der Waals surface area contributed by atoms with Gasteiger partial charge in [0.05, 0.1) is 13.2 Å². The van der Waals surface area contributed by atoms with Gasteiger partial charge in [-0.2, -0.15) is 0 Å². The molecule has 23 heavy (non-hydrogen) atoms. The Labute approximate surface area is 140 Å². The van der Waals surface area contributed by atoms with Gasteiger partial charge in [-0.25, -0.2) is 4.98 Å². The highest BCUT2D eigenvalue weighted by atomic mass is 32.1. The lowest BCUT2D eigenvalue weighted by atomic mass is 10.2. The second-order valence-electron chi connectivity index (χ2n) is 4.67. The Kier molecular flexibility index (Phi) is 7.35. The van der Waals surface area contributed by atoms with Crippen LogP contribution < -0.4 is 15.4 Å². The molecule has 0 atom stereocenters. The van der Waals surface area contributed by atoms with E-state index in [2.05, 4.69) is 32.1 Å². The molecule has 0 radical (unpaired) electrons. The zero-order valence-electron chi connectivity index (χ0n) is 13.4. The van der Waals surface area contributed by atoms with Crippen LogP contribution in [-0.2, 0) is 17.8 Å². The molecule has 2 N–H and O–H groups in total. The summed E-state index contributed by atoms with van der Waals surface area (Å²) in [6.45, 7) is 2.35. The van der Waals surface area contributed by atoms with E-state index >= 15 is 0 Å². The quantitative estimate of drug-likeness (QED) is 0.439. The van der Waals surface area contributed by atoms with Crippen LogP contribution in [0, 0.1) is 0 Å². The second kappa shape index (κ2) is 9.81. The largest absolute Gasteiger partial charge is 0.475 e. The van der Waals surface area contributed by atoms with Crippen molar-refractivity contribution in [1.29, 1.82) is 0 Å². The van der Waals surface area contributed by atoms with Gasteiger partial charge in [-0.1, -0.05) is 12.1 Å². The van der Waals surface area contributed by atoms with Crippen molar-refractivity contribution >= 4 is 17.3 Å². The summed E-state index contributed by atoms with van der Waals surface area (Å²) in [4.78, 5) is 9.75. The number of hydrogen-bond acceptors (Lipinski definition) is 5. The molecule has 0 amide bonds. The predicted molar refractivity (Wildman–Crippen MR) is 93.0 cm³/mol. The van der Waals surface area contributed by atoms with Gasteiger partial charge in [-0.15, -0.1) is 11.3 Å². The third kappa shape index (κ3) is 5.88. The molecule has 0 saturated heterocycles. The highest BCUT2D eigenvalue weighted by molar-refractivity contribution is 7.09. The highest BCUT2D eigenvalue weighted by Gasteiger charge is 2.06. The summed E-state index contributed by atoms with van der Waals surface area (Å²) >= 11 is 1.72. The van der Waals surface area contributed by atoms with Crippen LogP contribution in [0.5, 0.6) is 5.88 Å². The van der Waals surface area contributed by atoms with E-state index in [1.165, 1.54) is 4.88 Å². The molecule has 0 saturated carbocycles. The van der Waals surface area contributed by atoms with Crippen molar-refractivity contribution in [2.45, 2.75) is 13.1 Å². The van der Waals surface area contributed by atoms with Crippen LogP contribution in [-0.4, -0.2) is 38.3 Å². The SMILES string of the molecule is CN=C(NCc1cccs1)NCc1cccnc1OCCOC. The molecule has 7 heteroatoms. The van der Waals surface area contributed by atoms with Crippen molar-refractivity contribution in [2.75, 3.05) is 27.4 Å². The predicted octanol–water partition coefficient (Wildman–Crippen LogP) is 2.03. The molecule has 6 nitrogen and oxygen atoms in total. The van der Waals surface area contributed by atoms with Crippen LogP contribution >= 0.6 is 11.3 Å². The van der Waals surface area contributed by atoms with Gasteiger partial charge in [0.15, 0.2) is 5.96 Å². The van der Waals surface area contributed by atoms with Crippen molar-refractivity contribution < 1.29 is 9.47 Å². The lowest BCUT2D eigenvalue weighted by Gasteiger charge is -2.13. The number of aliphatic imine (C=N–C) groups is 1. The first kappa shape index (κ1) is 17.2. The summed E-state index contributed by atoms with van der Waals surface area (Å²) < 4.78 is 10.6. The van der Waals surface area contributed by atoms with E-state index in [0.717, 1.165) is 18.1 Å². The van der Waals surface area contributed by atoms with Gasteiger partial charge in [0.25, 0.3) is 0 Å².